The third-order valence-corrected chi connectivity index (χ3v) is 5.27. The van der Waals surface area contributed by atoms with Gasteiger partial charge in [-0.15, -0.1) is 0 Å². The Balaban J connectivity index is 1.76. The van der Waals surface area contributed by atoms with Gasteiger partial charge in [0.25, 0.3) is 0 Å². The summed E-state index contributed by atoms with van der Waals surface area (Å²) >= 11 is 0. The van der Waals surface area contributed by atoms with Crippen LogP contribution in [-0.2, 0) is 0 Å². The minimum absolute atomic E-state index is 0.448. The lowest BCUT2D eigenvalue weighted by Crippen LogP contribution is -2.35. The van der Waals surface area contributed by atoms with Gasteiger partial charge in [0.1, 0.15) is 0 Å². The first kappa shape index (κ1) is 17.8. The normalized spacial score (nSPS) is 17.7. The van der Waals surface area contributed by atoms with E-state index in [2.05, 4.69) is 52.1 Å². The summed E-state index contributed by atoms with van der Waals surface area (Å²) in [5, 5.41) is 0. The zero-order chi connectivity index (χ0) is 18.5. The van der Waals surface area contributed by atoms with Crippen molar-refractivity contribution in [3.05, 3.63) is 66.7 Å². The van der Waals surface area contributed by atoms with Crippen molar-refractivity contribution in [3.8, 4) is 22.5 Å². The molecule has 0 amide bonds. The highest BCUT2D eigenvalue weighted by atomic mass is 15.1. The van der Waals surface area contributed by atoms with Crippen LogP contribution in [0.1, 0.15) is 37.8 Å². The van der Waals surface area contributed by atoms with Gasteiger partial charge in [0, 0.05) is 42.2 Å². The Hall–Kier alpha value is -2.59. The van der Waals surface area contributed by atoms with Crippen LogP contribution < -0.4 is 0 Å². The van der Waals surface area contributed by atoms with Gasteiger partial charge in [-0.25, -0.2) is 9.97 Å². The van der Waals surface area contributed by atoms with Crippen molar-refractivity contribution in [3.63, 3.8) is 0 Å². The molecule has 2 aromatic heterocycles. The van der Waals surface area contributed by atoms with E-state index in [9.17, 15) is 0 Å². The van der Waals surface area contributed by atoms with E-state index < -0.39 is 0 Å². The lowest BCUT2D eigenvalue weighted by molar-refractivity contribution is 0.207. The number of aromatic nitrogens is 3. The molecule has 1 saturated heterocycles. The SMILES string of the molecule is CCCN1CCCC(c2nc(-c3ccncc3)ncc2-c2ccccc2)C1. The Morgan fingerprint density at radius 1 is 1.04 bits per heavy atom. The first-order valence-corrected chi connectivity index (χ1v) is 9.90. The number of rotatable bonds is 5. The molecule has 0 spiro atoms. The maximum Gasteiger partial charge on any atom is 0.159 e. The van der Waals surface area contributed by atoms with Gasteiger partial charge in [-0.3, -0.25) is 4.98 Å². The van der Waals surface area contributed by atoms with Crippen molar-refractivity contribution in [1.29, 1.82) is 0 Å². The van der Waals surface area contributed by atoms with Crippen LogP contribution in [0.5, 0.6) is 0 Å². The molecule has 1 aromatic carbocycles. The van der Waals surface area contributed by atoms with Crippen LogP contribution >= 0.6 is 0 Å². The summed E-state index contributed by atoms with van der Waals surface area (Å²) in [6.07, 6.45) is 9.22. The Morgan fingerprint density at radius 3 is 2.63 bits per heavy atom. The van der Waals surface area contributed by atoms with Gasteiger partial charge in [0.15, 0.2) is 5.82 Å². The van der Waals surface area contributed by atoms with Crippen LogP contribution in [0.25, 0.3) is 22.5 Å². The molecule has 1 atom stereocenters. The molecule has 0 aliphatic carbocycles. The van der Waals surface area contributed by atoms with E-state index in [4.69, 9.17) is 4.98 Å². The predicted octanol–water partition coefficient (Wildman–Crippen LogP) is 4.80. The first-order chi connectivity index (χ1) is 13.3. The molecule has 138 valence electrons. The Morgan fingerprint density at radius 2 is 1.85 bits per heavy atom. The number of nitrogens with zero attached hydrogens (tertiary/aromatic N) is 4. The monoisotopic (exact) mass is 358 g/mol. The van der Waals surface area contributed by atoms with Crippen molar-refractivity contribution in [2.75, 3.05) is 19.6 Å². The number of hydrogen-bond acceptors (Lipinski definition) is 4. The van der Waals surface area contributed by atoms with Gasteiger partial charge in [-0.2, -0.15) is 0 Å². The van der Waals surface area contributed by atoms with Crippen molar-refractivity contribution in [2.24, 2.45) is 0 Å². The molecule has 0 N–H and O–H groups in total. The highest BCUT2D eigenvalue weighted by molar-refractivity contribution is 5.67. The minimum Gasteiger partial charge on any atom is -0.303 e. The van der Waals surface area contributed by atoms with E-state index in [0.717, 1.165) is 23.5 Å². The molecule has 1 unspecified atom stereocenters. The second kappa shape index (κ2) is 8.40. The molecule has 1 fully saturated rings. The topological polar surface area (TPSA) is 41.9 Å². The Bertz CT molecular complexity index is 862. The molecule has 4 rings (SSSR count). The average Bonchev–Trinajstić information content (AvgIpc) is 2.75. The summed E-state index contributed by atoms with van der Waals surface area (Å²) in [5.41, 5.74) is 4.56. The van der Waals surface area contributed by atoms with E-state index in [0.29, 0.717) is 5.92 Å². The van der Waals surface area contributed by atoms with Gasteiger partial charge in [-0.1, -0.05) is 37.3 Å². The second-order valence-corrected chi connectivity index (χ2v) is 7.23. The maximum absolute atomic E-state index is 5.07. The van der Waals surface area contributed by atoms with Gasteiger partial charge in [0.2, 0.25) is 0 Å². The van der Waals surface area contributed by atoms with E-state index in [1.807, 2.05) is 18.3 Å². The number of piperidine rings is 1. The van der Waals surface area contributed by atoms with Gasteiger partial charge < -0.3 is 4.90 Å². The summed E-state index contributed by atoms with van der Waals surface area (Å²) in [7, 11) is 0. The highest BCUT2D eigenvalue weighted by Crippen LogP contribution is 2.34. The summed E-state index contributed by atoms with van der Waals surface area (Å²) in [6.45, 7) is 5.71. The van der Waals surface area contributed by atoms with Gasteiger partial charge in [0.05, 0.1) is 5.69 Å². The standard InChI is InChI=1S/C23H26N4/c1-2-14-27-15-6-9-20(17-27)22-21(18-7-4-3-5-8-18)16-25-23(26-22)19-10-12-24-13-11-19/h3-5,7-8,10-13,16,20H,2,6,9,14-15,17H2,1H3. The molecule has 1 aliphatic rings. The average molecular weight is 358 g/mol. The Kier molecular flexibility index (Phi) is 5.54. The minimum atomic E-state index is 0.448. The smallest absolute Gasteiger partial charge is 0.159 e. The van der Waals surface area contributed by atoms with Crippen LogP contribution in [0.3, 0.4) is 0 Å². The fourth-order valence-electron chi connectivity index (χ4n) is 3.98. The van der Waals surface area contributed by atoms with Crippen molar-refractivity contribution >= 4 is 0 Å². The molecule has 3 aromatic rings. The number of hydrogen-bond donors (Lipinski definition) is 0. The third-order valence-electron chi connectivity index (χ3n) is 5.27. The molecule has 0 saturated carbocycles. The zero-order valence-corrected chi connectivity index (χ0v) is 15.9. The van der Waals surface area contributed by atoms with Crippen LogP contribution in [0.4, 0.5) is 0 Å². The van der Waals surface area contributed by atoms with E-state index in [1.54, 1.807) is 12.4 Å². The fourth-order valence-corrected chi connectivity index (χ4v) is 3.98. The third kappa shape index (κ3) is 4.06. The largest absolute Gasteiger partial charge is 0.303 e. The number of likely N-dealkylation sites (tertiary alicyclic amines) is 1. The second-order valence-electron chi connectivity index (χ2n) is 7.23. The fraction of sp³-hybridized carbons (Fsp3) is 0.348. The van der Waals surface area contributed by atoms with Crippen LogP contribution in [-0.4, -0.2) is 39.5 Å². The summed E-state index contributed by atoms with van der Waals surface area (Å²) in [6, 6.07) is 14.5. The van der Waals surface area contributed by atoms with E-state index in [-0.39, 0.29) is 0 Å². The quantitative estimate of drug-likeness (QED) is 0.657. The van der Waals surface area contributed by atoms with Crippen LogP contribution in [0.2, 0.25) is 0 Å². The lowest BCUT2D eigenvalue weighted by Gasteiger charge is -2.33. The summed E-state index contributed by atoms with van der Waals surface area (Å²) in [4.78, 5) is 16.5. The highest BCUT2D eigenvalue weighted by Gasteiger charge is 2.25. The zero-order valence-electron chi connectivity index (χ0n) is 15.9. The molecule has 3 heterocycles. The first-order valence-electron chi connectivity index (χ1n) is 9.90. The van der Waals surface area contributed by atoms with Crippen molar-refractivity contribution in [2.45, 2.75) is 32.1 Å². The van der Waals surface area contributed by atoms with Crippen molar-refractivity contribution < 1.29 is 0 Å². The molecular formula is C23H26N4. The lowest BCUT2D eigenvalue weighted by atomic mass is 9.89. The van der Waals surface area contributed by atoms with Gasteiger partial charge >= 0.3 is 0 Å². The van der Waals surface area contributed by atoms with Crippen molar-refractivity contribution in [1.82, 2.24) is 19.9 Å². The number of pyridine rings is 1. The van der Waals surface area contributed by atoms with E-state index in [1.165, 1.54) is 43.6 Å². The molecule has 1 aliphatic heterocycles. The molecular weight excluding hydrogens is 332 g/mol. The van der Waals surface area contributed by atoms with E-state index >= 15 is 0 Å². The number of benzene rings is 1. The molecule has 4 heteroatoms. The maximum atomic E-state index is 5.07. The molecule has 0 bridgehead atoms. The summed E-state index contributed by atoms with van der Waals surface area (Å²) in [5.74, 6) is 1.24. The molecule has 4 nitrogen and oxygen atoms in total. The van der Waals surface area contributed by atoms with Crippen LogP contribution in [0, 0.1) is 0 Å². The summed E-state index contributed by atoms with van der Waals surface area (Å²) < 4.78 is 0. The Labute approximate surface area is 161 Å². The van der Waals surface area contributed by atoms with Gasteiger partial charge in [-0.05, 0) is 50.0 Å². The molecule has 0 radical (unpaired) electrons. The van der Waals surface area contributed by atoms with Crippen LogP contribution in [0.15, 0.2) is 61.1 Å². The molecule has 27 heavy (non-hydrogen) atoms. The predicted molar refractivity (Wildman–Crippen MR) is 109 cm³/mol.